The van der Waals surface area contributed by atoms with Crippen molar-refractivity contribution in [3.63, 3.8) is 0 Å². The van der Waals surface area contributed by atoms with Crippen LogP contribution in [0.25, 0.3) is 17.3 Å². The van der Waals surface area contributed by atoms with Gasteiger partial charge in [-0.1, -0.05) is 6.92 Å². The fraction of sp³-hybridized carbons (Fsp3) is 0.188. The molecule has 0 fully saturated rings. The maximum Gasteiger partial charge on any atom is 0.336 e. The van der Waals surface area contributed by atoms with Crippen molar-refractivity contribution in [2.75, 3.05) is 12.4 Å². The van der Waals surface area contributed by atoms with Crippen LogP contribution in [-0.2, 0) is 4.79 Å². The zero-order valence-electron chi connectivity index (χ0n) is 12.8. The Kier molecular flexibility index (Phi) is 4.09. The van der Waals surface area contributed by atoms with Crippen molar-refractivity contribution in [2.24, 2.45) is 0 Å². The molecular weight excluding hydrogens is 296 g/mol. The van der Waals surface area contributed by atoms with E-state index in [0.29, 0.717) is 18.0 Å². The lowest BCUT2D eigenvalue weighted by Crippen LogP contribution is -2.09. The Bertz CT molecular complexity index is 791. The Balaban J connectivity index is 1.95. The number of carbonyl (C=O) groups is 1. The van der Waals surface area contributed by atoms with Gasteiger partial charge in [0, 0.05) is 12.1 Å². The molecule has 0 aliphatic carbocycles. The topological polar surface area (TPSA) is 82.2 Å². The summed E-state index contributed by atoms with van der Waals surface area (Å²) in [6, 6.07) is 11.1. The number of carbonyl (C=O) groups excluding carboxylic acids is 1. The van der Waals surface area contributed by atoms with Gasteiger partial charge in [0.1, 0.15) is 0 Å². The molecule has 0 spiro atoms. The van der Waals surface area contributed by atoms with Gasteiger partial charge < -0.3 is 14.5 Å². The quantitative estimate of drug-likeness (QED) is 0.783. The number of hydrogen-bond donors (Lipinski definition) is 1. The lowest BCUT2D eigenvalue weighted by Gasteiger charge is -2.06. The lowest BCUT2D eigenvalue weighted by molar-refractivity contribution is -0.115. The van der Waals surface area contributed by atoms with E-state index >= 15 is 0 Å². The fourth-order valence-electron chi connectivity index (χ4n) is 2.06. The molecule has 0 saturated heterocycles. The number of rotatable bonds is 5. The number of furan rings is 1. The zero-order chi connectivity index (χ0) is 16.2. The summed E-state index contributed by atoms with van der Waals surface area (Å²) < 4.78 is 12.1. The molecule has 7 heteroatoms. The first-order valence-corrected chi connectivity index (χ1v) is 7.16. The number of benzene rings is 1. The Morgan fingerprint density at radius 3 is 2.70 bits per heavy atom. The van der Waals surface area contributed by atoms with Gasteiger partial charge >= 0.3 is 6.01 Å². The summed E-state index contributed by atoms with van der Waals surface area (Å²) in [7, 11) is 1.51. The van der Waals surface area contributed by atoms with Crippen LogP contribution >= 0.6 is 0 Å². The predicted molar refractivity (Wildman–Crippen MR) is 84.5 cm³/mol. The van der Waals surface area contributed by atoms with Gasteiger partial charge in [-0.3, -0.25) is 4.79 Å². The van der Waals surface area contributed by atoms with E-state index in [4.69, 9.17) is 9.15 Å². The van der Waals surface area contributed by atoms with Gasteiger partial charge in [0.2, 0.25) is 11.7 Å². The SMILES string of the molecule is CCC(=O)Nc1ccc(-n2nc(OC)nc2-c2ccco2)cc1. The monoisotopic (exact) mass is 312 g/mol. The average molecular weight is 312 g/mol. The van der Waals surface area contributed by atoms with Crippen molar-refractivity contribution in [1.82, 2.24) is 14.8 Å². The van der Waals surface area contributed by atoms with Gasteiger partial charge in [0.25, 0.3) is 0 Å². The molecule has 23 heavy (non-hydrogen) atoms. The summed E-state index contributed by atoms with van der Waals surface area (Å²) in [5, 5.41) is 7.10. The Morgan fingerprint density at radius 2 is 2.09 bits per heavy atom. The summed E-state index contributed by atoms with van der Waals surface area (Å²) in [6.45, 7) is 1.81. The number of anilines is 1. The van der Waals surface area contributed by atoms with Gasteiger partial charge in [-0.15, -0.1) is 5.10 Å². The standard InChI is InChI=1S/C16H16N4O3/c1-3-14(21)17-11-6-8-12(9-7-11)20-15(13-5-4-10-23-13)18-16(19-20)22-2/h4-10H,3H2,1-2H3,(H,17,21). The van der Waals surface area contributed by atoms with E-state index in [9.17, 15) is 4.79 Å². The van der Waals surface area contributed by atoms with E-state index in [2.05, 4.69) is 15.4 Å². The lowest BCUT2D eigenvalue weighted by atomic mass is 10.2. The molecule has 2 aromatic heterocycles. The minimum Gasteiger partial charge on any atom is -0.466 e. The summed E-state index contributed by atoms with van der Waals surface area (Å²) in [4.78, 5) is 15.7. The third kappa shape index (κ3) is 3.08. The normalized spacial score (nSPS) is 10.5. The highest BCUT2D eigenvalue weighted by Gasteiger charge is 2.16. The number of ether oxygens (including phenoxy) is 1. The fourth-order valence-corrected chi connectivity index (χ4v) is 2.06. The molecule has 0 saturated carbocycles. The maximum absolute atomic E-state index is 11.4. The molecule has 0 bridgehead atoms. The first-order chi connectivity index (χ1) is 11.2. The number of nitrogens with one attached hydrogen (secondary N) is 1. The van der Waals surface area contributed by atoms with Gasteiger partial charge in [0.05, 0.1) is 19.1 Å². The number of amides is 1. The smallest absolute Gasteiger partial charge is 0.336 e. The number of methoxy groups -OCH3 is 1. The van der Waals surface area contributed by atoms with E-state index < -0.39 is 0 Å². The molecule has 3 aromatic rings. The van der Waals surface area contributed by atoms with E-state index in [1.165, 1.54) is 7.11 Å². The number of hydrogen-bond acceptors (Lipinski definition) is 5. The largest absolute Gasteiger partial charge is 0.466 e. The summed E-state index contributed by atoms with van der Waals surface area (Å²) in [5.41, 5.74) is 1.51. The highest BCUT2D eigenvalue weighted by molar-refractivity contribution is 5.90. The third-order valence-electron chi connectivity index (χ3n) is 3.23. The zero-order valence-corrected chi connectivity index (χ0v) is 12.8. The van der Waals surface area contributed by atoms with Crippen LogP contribution in [0.2, 0.25) is 0 Å². The molecule has 7 nitrogen and oxygen atoms in total. The predicted octanol–water partition coefficient (Wildman–Crippen LogP) is 2.88. The molecular formula is C16H16N4O3. The molecule has 1 N–H and O–H groups in total. The van der Waals surface area contributed by atoms with Crippen LogP contribution in [0.5, 0.6) is 6.01 Å². The average Bonchev–Trinajstić information content (AvgIpc) is 3.24. The molecule has 1 aromatic carbocycles. The van der Waals surface area contributed by atoms with Crippen LogP contribution in [0.3, 0.4) is 0 Å². The van der Waals surface area contributed by atoms with Gasteiger partial charge in [-0.2, -0.15) is 4.98 Å². The Morgan fingerprint density at radius 1 is 1.30 bits per heavy atom. The molecule has 0 aliphatic heterocycles. The van der Waals surface area contributed by atoms with Gasteiger partial charge in [-0.25, -0.2) is 4.68 Å². The summed E-state index contributed by atoms with van der Waals surface area (Å²) in [6.07, 6.45) is 2.01. The van der Waals surface area contributed by atoms with Crippen LogP contribution < -0.4 is 10.1 Å². The highest BCUT2D eigenvalue weighted by Crippen LogP contribution is 2.24. The Labute approximate surface area is 132 Å². The second-order valence-electron chi connectivity index (χ2n) is 4.76. The second-order valence-corrected chi connectivity index (χ2v) is 4.76. The highest BCUT2D eigenvalue weighted by atomic mass is 16.5. The third-order valence-corrected chi connectivity index (χ3v) is 3.23. The summed E-state index contributed by atoms with van der Waals surface area (Å²) >= 11 is 0. The van der Waals surface area contributed by atoms with E-state index in [0.717, 1.165) is 11.4 Å². The van der Waals surface area contributed by atoms with E-state index in [1.54, 1.807) is 30.0 Å². The molecule has 0 aliphatic rings. The molecule has 0 atom stereocenters. The number of aromatic nitrogens is 3. The summed E-state index contributed by atoms with van der Waals surface area (Å²) in [5.74, 6) is 1.10. The van der Waals surface area contributed by atoms with E-state index in [1.807, 2.05) is 24.3 Å². The Hall–Kier alpha value is -3.09. The molecule has 118 valence electrons. The van der Waals surface area contributed by atoms with Gasteiger partial charge in [-0.05, 0) is 36.4 Å². The molecule has 0 radical (unpaired) electrons. The van der Waals surface area contributed by atoms with Crippen LogP contribution in [-0.4, -0.2) is 27.8 Å². The van der Waals surface area contributed by atoms with Crippen molar-refractivity contribution in [3.8, 4) is 23.3 Å². The van der Waals surface area contributed by atoms with Crippen LogP contribution in [0.15, 0.2) is 47.1 Å². The first-order valence-electron chi connectivity index (χ1n) is 7.16. The molecule has 1 amide bonds. The molecule has 3 rings (SSSR count). The van der Waals surface area contributed by atoms with E-state index in [-0.39, 0.29) is 11.9 Å². The van der Waals surface area contributed by atoms with Gasteiger partial charge in [0.15, 0.2) is 5.76 Å². The van der Waals surface area contributed by atoms with Crippen LogP contribution in [0.4, 0.5) is 5.69 Å². The number of nitrogens with zero attached hydrogens (tertiary/aromatic N) is 3. The maximum atomic E-state index is 11.4. The van der Waals surface area contributed by atoms with Crippen LogP contribution in [0.1, 0.15) is 13.3 Å². The minimum absolute atomic E-state index is 0.0311. The van der Waals surface area contributed by atoms with Crippen molar-refractivity contribution in [3.05, 3.63) is 42.7 Å². The van der Waals surface area contributed by atoms with Crippen LogP contribution in [0, 0.1) is 0 Å². The van der Waals surface area contributed by atoms with Crippen molar-refractivity contribution >= 4 is 11.6 Å². The minimum atomic E-state index is -0.0311. The molecule has 0 unspecified atom stereocenters. The first kappa shape index (κ1) is 14.8. The van der Waals surface area contributed by atoms with Crippen molar-refractivity contribution in [1.29, 1.82) is 0 Å². The second kappa shape index (κ2) is 6.35. The van der Waals surface area contributed by atoms with Crippen molar-refractivity contribution in [2.45, 2.75) is 13.3 Å². The van der Waals surface area contributed by atoms with Crippen molar-refractivity contribution < 1.29 is 13.9 Å². The molecule has 2 heterocycles.